The van der Waals surface area contributed by atoms with Crippen LogP contribution in [0.4, 0.5) is 5.69 Å². The van der Waals surface area contributed by atoms with Gasteiger partial charge in [0.25, 0.3) is 0 Å². The summed E-state index contributed by atoms with van der Waals surface area (Å²) in [6.07, 6.45) is 0. The molecule has 0 fully saturated rings. The molecule has 0 aliphatic carbocycles. The number of carbonyl (C=O) groups excluding carboxylic acids is 2. The molecule has 10 nitrogen and oxygen atoms in total. The monoisotopic (exact) mass is 458 g/mol. The first-order valence-corrected chi connectivity index (χ1v) is 9.73. The fourth-order valence-corrected chi connectivity index (χ4v) is 3.74. The lowest BCUT2D eigenvalue weighted by molar-refractivity contribution is -0.139. The quantitative estimate of drug-likeness (QED) is 0.634. The first-order valence-electron chi connectivity index (χ1n) is 9.73. The summed E-state index contributed by atoms with van der Waals surface area (Å²) in [5, 5.41) is 29.0. The predicted molar refractivity (Wildman–Crippen MR) is 118 cm³/mol. The number of anilines is 1. The number of carboxylic acid groups (broad SMARTS) is 1. The summed E-state index contributed by atoms with van der Waals surface area (Å²) in [4.78, 5) is 39.0. The van der Waals surface area contributed by atoms with Crippen LogP contribution in [0.25, 0.3) is 0 Å². The van der Waals surface area contributed by atoms with Crippen molar-refractivity contribution in [3.05, 3.63) is 87.9 Å². The van der Waals surface area contributed by atoms with E-state index in [4.69, 9.17) is 15.2 Å². The van der Waals surface area contributed by atoms with Gasteiger partial charge < -0.3 is 20.3 Å². The Morgan fingerprint density at radius 2 is 1.65 bits per heavy atom. The van der Waals surface area contributed by atoms with Gasteiger partial charge in [-0.05, 0) is 23.8 Å². The summed E-state index contributed by atoms with van der Waals surface area (Å²) in [6, 6.07) is 15.9. The van der Waals surface area contributed by atoms with Gasteiger partial charge in [0.15, 0.2) is 0 Å². The van der Waals surface area contributed by atoms with Gasteiger partial charge in [-0.2, -0.15) is 10.5 Å². The van der Waals surface area contributed by atoms with Gasteiger partial charge in [0, 0.05) is 0 Å². The second kappa shape index (κ2) is 9.59. The van der Waals surface area contributed by atoms with Crippen molar-refractivity contribution in [3.63, 3.8) is 0 Å². The summed E-state index contributed by atoms with van der Waals surface area (Å²) in [6.45, 7) is 0. The lowest BCUT2D eigenvalue weighted by Crippen LogP contribution is -2.41. The molecule has 0 radical (unpaired) electrons. The van der Waals surface area contributed by atoms with E-state index in [2.05, 4.69) is 0 Å². The number of methoxy groups -OCH3 is 2. The van der Waals surface area contributed by atoms with Crippen LogP contribution in [0.1, 0.15) is 27.4 Å². The highest BCUT2D eigenvalue weighted by molar-refractivity contribution is 6.08. The van der Waals surface area contributed by atoms with E-state index in [0.29, 0.717) is 5.56 Å². The molecule has 34 heavy (non-hydrogen) atoms. The van der Waals surface area contributed by atoms with E-state index in [1.165, 1.54) is 12.1 Å². The molecule has 2 aromatic rings. The van der Waals surface area contributed by atoms with Crippen molar-refractivity contribution in [2.75, 3.05) is 19.1 Å². The van der Waals surface area contributed by atoms with Gasteiger partial charge in [-0.3, -0.25) is 4.90 Å². The molecule has 1 atom stereocenters. The van der Waals surface area contributed by atoms with E-state index in [-0.39, 0.29) is 33.8 Å². The molecule has 1 aliphatic rings. The highest BCUT2D eigenvalue weighted by Gasteiger charge is 2.43. The van der Waals surface area contributed by atoms with Crippen LogP contribution < -0.4 is 10.6 Å². The standard InChI is InChI=1S/C24H18N4O6/c1-33-23(31)19-18(14-6-4-3-5-7-14)16(12-26)21(27)28(20(19)24(32)34-2)17-9-8-13(11-25)10-15(17)22(29)30/h3-10,18H,27H2,1-2H3,(H,29,30). The van der Waals surface area contributed by atoms with Crippen LogP contribution in [0, 0.1) is 22.7 Å². The number of nitrogens with two attached hydrogens (primary N) is 1. The molecule has 1 unspecified atom stereocenters. The number of carboxylic acids is 1. The third-order valence-electron chi connectivity index (χ3n) is 5.21. The van der Waals surface area contributed by atoms with Crippen molar-refractivity contribution in [2.24, 2.45) is 5.73 Å². The molecule has 1 heterocycles. The maximum Gasteiger partial charge on any atom is 0.355 e. The van der Waals surface area contributed by atoms with Crippen LogP contribution in [-0.4, -0.2) is 37.2 Å². The van der Waals surface area contributed by atoms with Gasteiger partial charge in [-0.15, -0.1) is 0 Å². The Bertz CT molecular complexity index is 1330. The minimum Gasteiger partial charge on any atom is -0.478 e. The summed E-state index contributed by atoms with van der Waals surface area (Å²) >= 11 is 0. The summed E-state index contributed by atoms with van der Waals surface area (Å²) in [7, 11) is 2.19. The maximum atomic E-state index is 13.0. The normalized spacial score (nSPS) is 15.3. The maximum absolute atomic E-state index is 13.0. The Morgan fingerprint density at radius 1 is 1.00 bits per heavy atom. The minimum atomic E-state index is -1.42. The Morgan fingerprint density at radius 3 is 2.18 bits per heavy atom. The fraction of sp³-hybridized carbons (Fsp3) is 0.125. The van der Waals surface area contributed by atoms with E-state index in [1.54, 1.807) is 30.3 Å². The van der Waals surface area contributed by atoms with Crippen molar-refractivity contribution < 1.29 is 29.0 Å². The number of hydrogen-bond acceptors (Lipinski definition) is 9. The highest BCUT2D eigenvalue weighted by atomic mass is 16.5. The zero-order valence-corrected chi connectivity index (χ0v) is 18.1. The van der Waals surface area contributed by atoms with Gasteiger partial charge >= 0.3 is 17.9 Å². The second-order valence-electron chi connectivity index (χ2n) is 6.98. The first kappa shape index (κ1) is 23.6. The second-order valence-corrected chi connectivity index (χ2v) is 6.98. The molecule has 0 saturated heterocycles. The van der Waals surface area contributed by atoms with E-state index in [0.717, 1.165) is 25.2 Å². The topological polar surface area (TPSA) is 167 Å². The van der Waals surface area contributed by atoms with Crippen molar-refractivity contribution in [2.45, 2.75) is 5.92 Å². The first-order chi connectivity index (χ1) is 16.3. The Balaban J connectivity index is 2.48. The average molecular weight is 458 g/mol. The van der Waals surface area contributed by atoms with Crippen molar-refractivity contribution in [1.82, 2.24) is 0 Å². The third-order valence-corrected chi connectivity index (χ3v) is 5.21. The molecule has 0 spiro atoms. The summed E-state index contributed by atoms with van der Waals surface area (Å²) < 4.78 is 9.84. The molecule has 0 aromatic heterocycles. The number of nitriles is 2. The van der Waals surface area contributed by atoms with Crippen LogP contribution in [-0.2, 0) is 19.1 Å². The molecule has 0 amide bonds. The van der Waals surface area contributed by atoms with E-state index in [1.807, 2.05) is 12.1 Å². The SMILES string of the molecule is COC(=O)C1=C(C(=O)OC)N(c2ccc(C#N)cc2C(=O)O)C(N)=C(C#N)C1c1ccccc1. The van der Waals surface area contributed by atoms with Crippen molar-refractivity contribution >= 4 is 23.6 Å². The number of esters is 2. The number of nitrogens with zero attached hydrogens (tertiary/aromatic N) is 3. The number of ether oxygens (including phenoxy) is 2. The van der Waals surface area contributed by atoms with Gasteiger partial charge in [0.1, 0.15) is 11.5 Å². The van der Waals surface area contributed by atoms with E-state index < -0.39 is 29.5 Å². The Kier molecular flexibility index (Phi) is 6.65. The number of allylic oxidation sites excluding steroid dienone is 1. The van der Waals surface area contributed by atoms with E-state index >= 15 is 0 Å². The average Bonchev–Trinajstić information content (AvgIpc) is 2.87. The van der Waals surface area contributed by atoms with Crippen LogP contribution in [0.2, 0.25) is 0 Å². The molecule has 1 aliphatic heterocycles. The molecule has 2 aromatic carbocycles. The van der Waals surface area contributed by atoms with Crippen molar-refractivity contribution in [1.29, 1.82) is 10.5 Å². The lowest BCUT2D eigenvalue weighted by Gasteiger charge is -2.36. The van der Waals surface area contributed by atoms with Gasteiger partial charge in [-0.1, -0.05) is 30.3 Å². The molecule has 0 saturated carbocycles. The van der Waals surface area contributed by atoms with Crippen LogP contribution in [0.5, 0.6) is 0 Å². The predicted octanol–water partition coefficient (Wildman–Crippen LogP) is 2.15. The number of carbonyl (C=O) groups is 3. The largest absolute Gasteiger partial charge is 0.478 e. The summed E-state index contributed by atoms with van der Waals surface area (Å²) in [5.41, 5.74) is 5.55. The molecule has 3 rings (SSSR count). The fourth-order valence-electron chi connectivity index (χ4n) is 3.74. The van der Waals surface area contributed by atoms with Gasteiger partial charge in [0.2, 0.25) is 0 Å². The van der Waals surface area contributed by atoms with Gasteiger partial charge in [0.05, 0.1) is 60.2 Å². The number of aromatic carboxylic acids is 1. The molecule has 0 bridgehead atoms. The highest BCUT2D eigenvalue weighted by Crippen LogP contribution is 2.43. The molecule has 10 heteroatoms. The zero-order chi connectivity index (χ0) is 25.0. The third kappa shape index (κ3) is 3.92. The van der Waals surface area contributed by atoms with E-state index in [9.17, 15) is 30.0 Å². The number of benzene rings is 2. The molecule has 3 N–H and O–H groups in total. The number of hydrogen-bond donors (Lipinski definition) is 2. The lowest BCUT2D eigenvalue weighted by atomic mass is 9.80. The molecule has 170 valence electrons. The van der Waals surface area contributed by atoms with Crippen molar-refractivity contribution in [3.8, 4) is 12.1 Å². The van der Waals surface area contributed by atoms with Crippen LogP contribution >= 0.6 is 0 Å². The van der Waals surface area contributed by atoms with Crippen LogP contribution in [0.15, 0.2) is 71.2 Å². The zero-order valence-electron chi connectivity index (χ0n) is 18.1. The molecular weight excluding hydrogens is 440 g/mol. The van der Waals surface area contributed by atoms with Crippen LogP contribution in [0.3, 0.4) is 0 Å². The van der Waals surface area contributed by atoms with Gasteiger partial charge in [-0.25, -0.2) is 14.4 Å². The smallest absolute Gasteiger partial charge is 0.355 e. The molecular formula is C24H18N4O6. The minimum absolute atomic E-state index is 0.0418. The number of rotatable bonds is 5. The Labute approximate surface area is 194 Å². The Hall–Kier alpha value is -5.09. The summed E-state index contributed by atoms with van der Waals surface area (Å²) in [5.74, 6) is -4.74.